The molecule has 1 heterocycles. The fourth-order valence-corrected chi connectivity index (χ4v) is 3.25. The van der Waals surface area contributed by atoms with Gasteiger partial charge in [0.25, 0.3) is 0 Å². The molecule has 0 bridgehead atoms. The van der Waals surface area contributed by atoms with E-state index in [0.717, 1.165) is 11.3 Å². The fourth-order valence-electron chi connectivity index (χ4n) is 3.25. The number of anilines is 1. The molecule has 7 heteroatoms. The summed E-state index contributed by atoms with van der Waals surface area (Å²) in [7, 11) is 7.54. The van der Waals surface area contributed by atoms with E-state index in [-0.39, 0.29) is 30.0 Å². The minimum absolute atomic E-state index is 0.0687. The number of nitrogens with one attached hydrogen (secondary N) is 1. The van der Waals surface area contributed by atoms with Crippen LogP contribution in [0.2, 0.25) is 0 Å². The zero-order chi connectivity index (χ0) is 21.0. The predicted molar refractivity (Wildman–Crippen MR) is 112 cm³/mol. The molecule has 1 aromatic rings. The minimum atomic E-state index is -0.222. The van der Waals surface area contributed by atoms with E-state index in [1.807, 2.05) is 58.1 Å². The topological polar surface area (TPSA) is 65.1 Å². The number of ether oxygens (including phenoxy) is 1. The Morgan fingerprint density at radius 3 is 2.61 bits per heavy atom. The Labute approximate surface area is 168 Å². The summed E-state index contributed by atoms with van der Waals surface area (Å²) < 4.78 is 6.37. The molecule has 0 aromatic heterocycles. The van der Waals surface area contributed by atoms with E-state index in [1.54, 1.807) is 16.8 Å². The summed E-state index contributed by atoms with van der Waals surface area (Å²) in [5.74, 6) is 0.852. The highest BCUT2D eigenvalue weighted by Gasteiger charge is 2.29. The number of urea groups is 1. The van der Waals surface area contributed by atoms with Gasteiger partial charge in [-0.15, -0.1) is 0 Å². The molecule has 2 atom stereocenters. The maximum absolute atomic E-state index is 12.6. The molecule has 0 unspecified atom stereocenters. The number of carbonyl (C=O) groups excluding carboxylic acids is 2. The highest BCUT2D eigenvalue weighted by atomic mass is 16.5. The van der Waals surface area contributed by atoms with E-state index >= 15 is 0 Å². The molecule has 1 aliphatic heterocycles. The number of nitrogens with zero attached hydrogens (tertiary/aromatic N) is 3. The van der Waals surface area contributed by atoms with E-state index in [9.17, 15) is 9.59 Å². The van der Waals surface area contributed by atoms with Crippen molar-refractivity contribution in [2.75, 3.05) is 46.2 Å². The summed E-state index contributed by atoms with van der Waals surface area (Å²) >= 11 is 0. The third kappa shape index (κ3) is 5.53. The van der Waals surface area contributed by atoms with Crippen molar-refractivity contribution in [2.24, 2.45) is 5.92 Å². The van der Waals surface area contributed by atoms with Crippen molar-refractivity contribution in [3.63, 3.8) is 0 Å². The van der Waals surface area contributed by atoms with Crippen LogP contribution in [0.3, 0.4) is 0 Å². The van der Waals surface area contributed by atoms with Gasteiger partial charge in [0.05, 0.1) is 13.0 Å². The van der Waals surface area contributed by atoms with Gasteiger partial charge >= 0.3 is 6.03 Å². The van der Waals surface area contributed by atoms with Crippen molar-refractivity contribution < 1.29 is 14.3 Å². The molecule has 28 heavy (non-hydrogen) atoms. The molecular formula is C21H34N4O3. The molecule has 0 aliphatic carbocycles. The van der Waals surface area contributed by atoms with Crippen LogP contribution in [0.25, 0.3) is 0 Å². The molecule has 0 spiro atoms. The molecule has 1 aliphatic rings. The van der Waals surface area contributed by atoms with Crippen LogP contribution in [0.4, 0.5) is 10.5 Å². The van der Waals surface area contributed by atoms with E-state index < -0.39 is 0 Å². The van der Waals surface area contributed by atoms with Gasteiger partial charge in [0.1, 0.15) is 11.9 Å². The van der Waals surface area contributed by atoms with E-state index in [2.05, 4.69) is 12.2 Å². The SMILES string of the molecule is CC(C)NC(=O)N(C)C[C@H]1Oc2ccc(N(C)C)cc2CC(=O)N(C)C[C@H]1C. The summed E-state index contributed by atoms with van der Waals surface area (Å²) in [5, 5.41) is 2.90. The van der Waals surface area contributed by atoms with Crippen molar-refractivity contribution >= 4 is 17.6 Å². The molecule has 0 fully saturated rings. The van der Waals surface area contributed by atoms with E-state index in [1.165, 1.54) is 0 Å². The first-order chi connectivity index (χ1) is 13.1. The van der Waals surface area contributed by atoms with Gasteiger partial charge in [-0.1, -0.05) is 6.92 Å². The van der Waals surface area contributed by atoms with Gasteiger partial charge in [-0.05, 0) is 32.0 Å². The Morgan fingerprint density at radius 2 is 2.00 bits per heavy atom. The summed E-state index contributed by atoms with van der Waals surface area (Å²) in [6, 6.07) is 5.86. The standard InChI is InChI=1S/C21H34N4O3/c1-14(2)22-21(27)25(7)13-19-15(3)12-24(6)20(26)11-16-10-17(23(4)5)8-9-18(16)28-19/h8-10,14-15,19H,11-13H2,1-7H3,(H,22,27)/t15-,19-/m1/s1. The number of benzene rings is 1. The smallest absolute Gasteiger partial charge is 0.317 e. The summed E-state index contributed by atoms with van der Waals surface area (Å²) in [6.07, 6.45) is 0.0802. The lowest BCUT2D eigenvalue weighted by molar-refractivity contribution is -0.129. The second-order valence-electron chi connectivity index (χ2n) is 8.26. The van der Waals surface area contributed by atoms with Crippen LogP contribution >= 0.6 is 0 Å². The third-order valence-corrected chi connectivity index (χ3v) is 5.02. The lowest BCUT2D eigenvalue weighted by Crippen LogP contribution is -2.48. The summed E-state index contributed by atoms with van der Waals surface area (Å²) in [6.45, 7) is 6.95. The molecule has 0 saturated heterocycles. The molecular weight excluding hydrogens is 356 g/mol. The van der Waals surface area contributed by atoms with Crippen LogP contribution in [-0.2, 0) is 11.2 Å². The number of likely N-dealkylation sites (N-methyl/N-ethyl adjacent to an activating group) is 2. The molecule has 7 nitrogen and oxygen atoms in total. The summed E-state index contributed by atoms with van der Waals surface area (Å²) in [5.41, 5.74) is 1.89. The predicted octanol–water partition coefficient (Wildman–Crippen LogP) is 2.20. The fraction of sp³-hybridized carbons (Fsp3) is 0.619. The Balaban J connectivity index is 2.30. The number of amides is 3. The van der Waals surface area contributed by atoms with Gasteiger partial charge in [-0.3, -0.25) is 4.79 Å². The zero-order valence-corrected chi connectivity index (χ0v) is 18.2. The monoisotopic (exact) mass is 390 g/mol. The molecule has 0 saturated carbocycles. The molecule has 1 aromatic carbocycles. The molecule has 1 N–H and O–H groups in total. The number of rotatable bonds is 4. The minimum Gasteiger partial charge on any atom is -0.488 e. The quantitative estimate of drug-likeness (QED) is 0.856. The average Bonchev–Trinajstić information content (AvgIpc) is 2.64. The first kappa shape index (κ1) is 21.9. The van der Waals surface area contributed by atoms with Crippen molar-refractivity contribution in [1.29, 1.82) is 0 Å². The third-order valence-electron chi connectivity index (χ3n) is 5.02. The first-order valence-electron chi connectivity index (χ1n) is 9.81. The maximum Gasteiger partial charge on any atom is 0.317 e. The lowest BCUT2D eigenvalue weighted by Gasteiger charge is -2.31. The van der Waals surface area contributed by atoms with Crippen LogP contribution in [-0.4, -0.2) is 75.2 Å². The normalized spacial score (nSPS) is 19.9. The van der Waals surface area contributed by atoms with Crippen molar-refractivity contribution in [1.82, 2.24) is 15.1 Å². The van der Waals surface area contributed by atoms with Crippen molar-refractivity contribution in [2.45, 2.75) is 39.3 Å². The van der Waals surface area contributed by atoms with E-state index in [4.69, 9.17) is 4.74 Å². The number of hydrogen-bond acceptors (Lipinski definition) is 4. The highest BCUT2D eigenvalue weighted by molar-refractivity contribution is 5.80. The maximum atomic E-state index is 12.6. The van der Waals surface area contributed by atoms with Gasteiger partial charge in [0, 0.05) is 57.9 Å². The van der Waals surface area contributed by atoms with Crippen LogP contribution in [0.5, 0.6) is 5.75 Å². The van der Waals surface area contributed by atoms with Crippen LogP contribution < -0.4 is 15.0 Å². The number of fused-ring (bicyclic) bond motifs is 1. The second kappa shape index (κ2) is 9.17. The Kier molecular flexibility index (Phi) is 7.16. The second-order valence-corrected chi connectivity index (χ2v) is 8.26. The highest BCUT2D eigenvalue weighted by Crippen LogP contribution is 2.29. The van der Waals surface area contributed by atoms with Crippen LogP contribution in [0.15, 0.2) is 18.2 Å². The molecule has 156 valence electrons. The molecule has 2 rings (SSSR count). The van der Waals surface area contributed by atoms with Gasteiger partial charge in [0.15, 0.2) is 0 Å². The van der Waals surface area contributed by atoms with Crippen molar-refractivity contribution in [3.8, 4) is 5.75 Å². The molecule has 0 radical (unpaired) electrons. The van der Waals surface area contributed by atoms with Crippen molar-refractivity contribution in [3.05, 3.63) is 23.8 Å². The van der Waals surface area contributed by atoms with Gasteiger partial charge in [-0.2, -0.15) is 0 Å². The Morgan fingerprint density at radius 1 is 1.32 bits per heavy atom. The largest absolute Gasteiger partial charge is 0.488 e. The van der Waals surface area contributed by atoms with Crippen LogP contribution in [0.1, 0.15) is 26.3 Å². The zero-order valence-electron chi connectivity index (χ0n) is 18.2. The van der Waals surface area contributed by atoms with Gasteiger partial charge in [0.2, 0.25) is 5.91 Å². The van der Waals surface area contributed by atoms with E-state index in [0.29, 0.717) is 25.3 Å². The van der Waals surface area contributed by atoms with Gasteiger partial charge < -0.3 is 24.8 Å². The van der Waals surface area contributed by atoms with Gasteiger partial charge in [-0.25, -0.2) is 4.79 Å². The number of carbonyl (C=O) groups is 2. The Hall–Kier alpha value is -2.44. The lowest BCUT2D eigenvalue weighted by atomic mass is 10.0. The number of hydrogen-bond donors (Lipinski definition) is 1. The average molecular weight is 391 g/mol. The summed E-state index contributed by atoms with van der Waals surface area (Å²) in [4.78, 5) is 30.4. The first-order valence-corrected chi connectivity index (χ1v) is 9.81. The molecule has 3 amide bonds. The van der Waals surface area contributed by atoms with Crippen LogP contribution in [0, 0.1) is 5.92 Å². The Bertz CT molecular complexity index is 705.